The van der Waals surface area contributed by atoms with E-state index >= 15 is 0 Å². The van der Waals surface area contributed by atoms with Gasteiger partial charge in [0.25, 0.3) is 5.91 Å². The number of aryl methyl sites for hydroxylation is 1. The summed E-state index contributed by atoms with van der Waals surface area (Å²) in [4.78, 5) is 30.3. The molecule has 0 saturated carbocycles. The first kappa shape index (κ1) is 23.6. The van der Waals surface area contributed by atoms with E-state index in [1.54, 1.807) is 6.20 Å². The third kappa shape index (κ3) is 4.54. The molecule has 1 aliphatic rings. The Balaban J connectivity index is 1.17. The van der Waals surface area contributed by atoms with Crippen molar-refractivity contribution in [3.8, 4) is 11.1 Å². The molecule has 0 radical (unpaired) electrons. The van der Waals surface area contributed by atoms with E-state index in [0.29, 0.717) is 17.3 Å². The molecule has 1 N–H and O–H groups in total. The maximum Gasteiger partial charge on any atom is 0.276 e. The molecule has 1 saturated heterocycles. The van der Waals surface area contributed by atoms with E-state index in [0.717, 1.165) is 54.2 Å². The molecule has 190 valence electrons. The minimum absolute atomic E-state index is 0.258. The Kier molecular flexibility index (Phi) is 6.17. The Morgan fingerprint density at radius 2 is 1.58 bits per heavy atom. The Labute approximate surface area is 219 Å². The molecule has 1 fully saturated rings. The molecule has 0 unspecified atom stereocenters. The fourth-order valence-electron chi connectivity index (χ4n) is 4.91. The lowest BCUT2D eigenvalue weighted by Gasteiger charge is -2.36. The number of halogens is 1. The van der Waals surface area contributed by atoms with Crippen LogP contribution in [0.3, 0.4) is 0 Å². The zero-order chi connectivity index (χ0) is 26.1. The number of nitrogens with one attached hydrogen (secondary N) is 1. The first-order chi connectivity index (χ1) is 18.6. The van der Waals surface area contributed by atoms with E-state index < -0.39 is 5.82 Å². The summed E-state index contributed by atoms with van der Waals surface area (Å²) in [6.07, 6.45) is 5.92. The van der Waals surface area contributed by atoms with E-state index in [1.807, 2.05) is 77.0 Å². The Bertz CT molecular complexity index is 1580. The van der Waals surface area contributed by atoms with Crippen molar-refractivity contribution < 1.29 is 9.18 Å². The molecule has 0 atom stereocenters. The predicted molar refractivity (Wildman–Crippen MR) is 146 cm³/mol. The highest BCUT2D eigenvalue weighted by molar-refractivity contribution is 6.10. The highest BCUT2D eigenvalue weighted by Crippen LogP contribution is 2.30. The highest BCUT2D eigenvalue weighted by Gasteiger charge is 2.21. The second-order valence-electron chi connectivity index (χ2n) is 9.24. The number of amides is 1. The van der Waals surface area contributed by atoms with Gasteiger partial charge in [-0.1, -0.05) is 30.3 Å². The van der Waals surface area contributed by atoms with Crippen molar-refractivity contribution >= 4 is 28.7 Å². The van der Waals surface area contributed by atoms with E-state index in [2.05, 4.69) is 31.2 Å². The third-order valence-corrected chi connectivity index (χ3v) is 6.83. The number of fused-ring (bicyclic) bond motifs is 1. The van der Waals surface area contributed by atoms with E-state index in [1.165, 1.54) is 12.4 Å². The van der Waals surface area contributed by atoms with Crippen LogP contribution in [-0.4, -0.2) is 51.4 Å². The molecule has 0 spiro atoms. The maximum absolute atomic E-state index is 13.4. The standard InChI is InChI=1S/C29H26FN7O/c1-20-17-25(21-5-3-2-4-6-21)27-26(31-11-12-37(20)27)28(38)34-23-7-9-24(10-8-23)35-13-15-36(16-14-35)29-32-18-22(30)19-33-29/h2-12,17-19H,13-16H2,1H3,(H,34,38). The van der Waals surface area contributed by atoms with Gasteiger partial charge in [-0.05, 0) is 42.8 Å². The first-order valence-corrected chi connectivity index (χ1v) is 12.5. The van der Waals surface area contributed by atoms with Gasteiger partial charge in [0, 0.05) is 61.2 Å². The molecule has 3 aromatic heterocycles. The van der Waals surface area contributed by atoms with Crippen LogP contribution < -0.4 is 15.1 Å². The molecule has 1 amide bonds. The molecule has 9 heteroatoms. The molecule has 0 bridgehead atoms. The van der Waals surface area contributed by atoms with Gasteiger partial charge in [0.15, 0.2) is 11.5 Å². The largest absolute Gasteiger partial charge is 0.368 e. The van der Waals surface area contributed by atoms with Crippen molar-refractivity contribution in [1.29, 1.82) is 0 Å². The summed E-state index contributed by atoms with van der Waals surface area (Å²) in [5.41, 5.74) is 5.97. The summed E-state index contributed by atoms with van der Waals surface area (Å²) in [6.45, 7) is 5.06. The van der Waals surface area contributed by atoms with Gasteiger partial charge in [-0.15, -0.1) is 0 Å². The zero-order valence-electron chi connectivity index (χ0n) is 20.9. The van der Waals surface area contributed by atoms with Crippen LogP contribution in [0.4, 0.5) is 21.7 Å². The van der Waals surface area contributed by atoms with Gasteiger partial charge in [0.2, 0.25) is 5.95 Å². The molecular weight excluding hydrogens is 481 g/mol. The van der Waals surface area contributed by atoms with Crippen LogP contribution >= 0.6 is 0 Å². The number of benzene rings is 2. The smallest absolute Gasteiger partial charge is 0.276 e. The molecule has 1 aliphatic heterocycles. The summed E-state index contributed by atoms with van der Waals surface area (Å²) >= 11 is 0. The summed E-state index contributed by atoms with van der Waals surface area (Å²) in [5, 5.41) is 3.01. The average Bonchev–Trinajstić information content (AvgIpc) is 3.31. The monoisotopic (exact) mass is 507 g/mol. The number of hydrogen-bond acceptors (Lipinski definition) is 6. The summed E-state index contributed by atoms with van der Waals surface area (Å²) in [6, 6.07) is 19.9. The van der Waals surface area contributed by atoms with Crippen LogP contribution in [0.15, 0.2) is 85.5 Å². The molecule has 5 aromatic rings. The zero-order valence-corrected chi connectivity index (χ0v) is 20.9. The fourth-order valence-corrected chi connectivity index (χ4v) is 4.91. The minimum atomic E-state index is -0.438. The van der Waals surface area contributed by atoms with Crippen LogP contribution in [0.25, 0.3) is 16.6 Å². The summed E-state index contributed by atoms with van der Waals surface area (Å²) in [5.74, 6) is -0.153. The molecule has 0 aliphatic carbocycles. The van der Waals surface area contributed by atoms with Gasteiger partial charge in [-0.3, -0.25) is 4.79 Å². The van der Waals surface area contributed by atoms with Gasteiger partial charge >= 0.3 is 0 Å². The van der Waals surface area contributed by atoms with Crippen molar-refractivity contribution in [2.75, 3.05) is 41.3 Å². The highest BCUT2D eigenvalue weighted by atomic mass is 19.1. The molecule has 8 nitrogen and oxygen atoms in total. The Morgan fingerprint density at radius 3 is 2.29 bits per heavy atom. The number of carbonyl (C=O) groups is 1. The Morgan fingerprint density at radius 1 is 0.895 bits per heavy atom. The maximum atomic E-state index is 13.4. The quantitative estimate of drug-likeness (QED) is 0.368. The van der Waals surface area contributed by atoms with Gasteiger partial charge < -0.3 is 19.5 Å². The van der Waals surface area contributed by atoms with Gasteiger partial charge in [-0.2, -0.15) is 0 Å². The lowest BCUT2D eigenvalue weighted by molar-refractivity contribution is 0.102. The van der Waals surface area contributed by atoms with Crippen molar-refractivity contribution in [3.05, 3.63) is 103 Å². The van der Waals surface area contributed by atoms with Crippen molar-refractivity contribution in [1.82, 2.24) is 19.4 Å². The lowest BCUT2D eigenvalue weighted by Crippen LogP contribution is -2.47. The van der Waals surface area contributed by atoms with Crippen LogP contribution in [0, 0.1) is 12.7 Å². The molecule has 2 aromatic carbocycles. The van der Waals surface area contributed by atoms with E-state index in [9.17, 15) is 9.18 Å². The molecule has 6 rings (SSSR count). The number of aromatic nitrogens is 4. The Hall–Kier alpha value is -4.79. The molecule has 4 heterocycles. The van der Waals surface area contributed by atoms with Gasteiger partial charge in [0.1, 0.15) is 0 Å². The number of rotatable bonds is 5. The SMILES string of the molecule is Cc1cc(-c2ccccc2)c2c(C(=O)Nc3ccc(N4CCN(c5ncc(F)cn5)CC4)cc3)nccn12. The van der Waals surface area contributed by atoms with E-state index in [-0.39, 0.29) is 5.91 Å². The number of hydrogen-bond donors (Lipinski definition) is 1. The number of anilines is 3. The van der Waals surface area contributed by atoms with Crippen molar-refractivity contribution in [3.63, 3.8) is 0 Å². The lowest BCUT2D eigenvalue weighted by atomic mass is 10.1. The van der Waals surface area contributed by atoms with Gasteiger partial charge in [0.05, 0.1) is 17.9 Å². The summed E-state index contributed by atoms with van der Waals surface area (Å²) < 4.78 is 15.1. The summed E-state index contributed by atoms with van der Waals surface area (Å²) in [7, 11) is 0. The fraction of sp³-hybridized carbons (Fsp3) is 0.172. The number of carbonyl (C=O) groups excluding carboxylic acids is 1. The number of piperazine rings is 1. The molecule has 38 heavy (non-hydrogen) atoms. The van der Waals surface area contributed by atoms with Crippen LogP contribution in [0.2, 0.25) is 0 Å². The number of nitrogens with zero attached hydrogens (tertiary/aromatic N) is 6. The van der Waals surface area contributed by atoms with Crippen LogP contribution in [0.1, 0.15) is 16.2 Å². The third-order valence-electron chi connectivity index (χ3n) is 6.83. The topological polar surface area (TPSA) is 78.7 Å². The normalized spacial score (nSPS) is 13.6. The van der Waals surface area contributed by atoms with E-state index in [4.69, 9.17) is 0 Å². The van der Waals surface area contributed by atoms with Crippen molar-refractivity contribution in [2.45, 2.75) is 6.92 Å². The molecular formula is C29H26FN7O. The van der Waals surface area contributed by atoms with Crippen LogP contribution in [0.5, 0.6) is 0 Å². The first-order valence-electron chi connectivity index (χ1n) is 12.5. The predicted octanol–water partition coefficient (Wildman–Crippen LogP) is 4.82. The van der Waals surface area contributed by atoms with Crippen molar-refractivity contribution in [2.24, 2.45) is 0 Å². The van der Waals surface area contributed by atoms with Gasteiger partial charge in [-0.25, -0.2) is 19.3 Å². The second kappa shape index (κ2) is 9.93. The second-order valence-corrected chi connectivity index (χ2v) is 9.24. The average molecular weight is 508 g/mol. The van der Waals surface area contributed by atoms with Crippen LogP contribution in [-0.2, 0) is 0 Å². The minimum Gasteiger partial charge on any atom is -0.368 e.